The summed E-state index contributed by atoms with van der Waals surface area (Å²) in [5.41, 5.74) is -1.11. The van der Waals surface area contributed by atoms with Crippen molar-refractivity contribution in [1.82, 2.24) is 0 Å². The molecule has 4 aliphatic rings. The molecule has 26 heavy (non-hydrogen) atoms. The summed E-state index contributed by atoms with van der Waals surface area (Å²) in [4.78, 5) is 24.2. The molecule has 0 radical (unpaired) electrons. The van der Waals surface area contributed by atoms with Crippen molar-refractivity contribution >= 4 is 11.9 Å². The van der Waals surface area contributed by atoms with Crippen LogP contribution < -0.4 is 0 Å². The summed E-state index contributed by atoms with van der Waals surface area (Å²) in [6.07, 6.45) is 4.38. The minimum Gasteiger partial charge on any atom is -0.465 e. The summed E-state index contributed by atoms with van der Waals surface area (Å²) in [5.74, 6) is -0.570. The van der Waals surface area contributed by atoms with Gasteiger partial charge in [0.05, 0.1) is 17.6 Å². The van der Waals surface area contributed by atoms with Crippen LogP contribution in [0.15, 0.2) is 12.2 Å². The Labute approximate surface area is 154 Å². The van der Waals surface area contributed by atoms with Crippen LogP contribution in [0.2, 0.25) is 0 Å². The number of rotatable bonds is 7. The van der Waals surface area contributed by atoms with Crippen LogP contribution >= 0.6 is 0 Å². The molecule has 4 aliphatic carbocycles. The molecule has 0 aromatic rings. The molecular weight excluding hydrogens is 336 g/mol. The van der Waals surface area contributed by atoms with Crippen molar-refractivity contribution in [3.63, 3.8) is 0 Å². The topological polar surface area (TPSA) is 93.1 Å². The van der Waals surface area contributed by atoms with Gasteiger partial charge in [-0.25, -0.2) is 4.79 Å². The average molecular weight is 366 g/mol. The fourth-order valence-corrected chi connectivity index (χ4v) is 5.90. The van der Waals surface area contributed by atoms with Gasteiger partial charge in [-0.2, -0.15) is 0 Å². The normalized spacial score (nSPS) is 38.7. The van der Waals surface area contributed by atoms with E-state index in [4.69, 9.17) is 9.47 Å². The van der Waals surface area contributed by atoms with Gasteiger partial charge in [0.1, 0.15) is 0 Å². The Morgan fingerprint density at radius 3 is 2.58 bits per heavy atom. The fourth-order valence-electron chi connectivity index (χ4n) is 5.90. The number of carbonyl (C=O) groups excluding carboxylic acids is 2. The Morgan fingerprint density at radius 2 is 1.96 bits per heavy atom. The molecule has 0 aromatic heterocycles. The lowest BCUT2D eigenvalue weighted by atomic mass is 9.42. The highest BCUT2D eigenvalue weighted by Gasteiger charge is 2.65. The number of ether oxygens (including phenoxy) is 2. The summed E-state index contributed by atoms with van der Waals surface area (Å²) >= 11 is 0. The van der Waals surface area contributed by atoms with E-state index in [1.54, 1.807) is 0 Å². The van der Waals surface area contributed by atoms with E-state index >= 15 is 0 Å². The lowest BCUT2D eigenvalue weighted by molar-refractivity contribution is -0.218. The largest absolute Gasteiger partial charge is 0.465 e. The molecule has 4 fully saturated rings. The minimum atomic E-state index is -1.32. The first-order valence-corrected chi connectivity index (χ1v) is 9.55. The molecule has 2 N–H and O–H groups in total. The van der Waals surface area contributed by atoms with Crippen molar-refractivity contribution in [3.8, 4) is 0 Å². The molecule has 0 aromatic carbocycles. The van der Waals surface area contributed by atoms with Gasteiger partial charge >= 0.3 is 11.9 Å². The van der Waals surface area contributed by atoms with Crippen molar-refractivity contribution in [2.45, 2.75) is 77.1 Å². The Kier molecular flexibility index (Phi) is 4.95. The minimum absolute atomic E-state index is 0.0204. The summed E-state index contributed by atoms with van der Waals surface area (Å²) in [5, 5.41) is 20.7. The van der Waals surface area contributed by atoms with Crippen LogP contribution in [0.5, 0.6) is 0 Å². The zero-order valence-electron chi connectivity index (χ0n) is 15.8. The zero-order valence-corrected chi connectivity index (χ0v) is 15.8. The molecule has 0 saturated heterocycles. The highest BCUT2D eigenvalue weighted by molar-refractivity contribution is 5.87. The first-order chi connectivity index (χ1) is 12.1. The number of carbonyl (C=O) groups is 2. The van der Waals surface area contributed by atoms with Crippen LogP contribution in [0.4, 0.5) is 0 Å². The van der Waals surface area contributed by atoms with Crippen LogP contribution in [-0.2, 0) is 19.1 Å². The van der Waals surface area contributed by atoms with Gasteiger partial charge in [0.15, 0.2) is 0 Å². The maximum Gasteiger partial charge on any atom is 0.335 e. The van der Waals surface area contributed by atoms with Gasteiger partial charge in [-0.1, -0.05) is 19.9 Å². The molecule has 6 nitrogen and oxygen atoms in total. The van der Waals surface area contributed by atoms with Gasteiger partial charge in [-0.15, -0.1) is 0 Å². The summed E-state index contributed by atoms with van der Waals surface area (Å²) in [6.45, 7) is 7.07. The van der Waals surface area contributed by atoms with Crippen molar-refractivity contribution in [2.75, 3.05) is 6.61 Å². The van der Waals surface area contributed by atoms with Gasteiger partial charge in [0.25, 0.3) is 0 Å². The highest BCUT2D eigenvalue weighted by atomic mass is 16.6. The SMILES string of the molecule is C=C(C)C(=O)OC(O)CCOC(=O)C12CC3CC(O)(CC(CC)(C3)C1)C2. The predicted octanol–water partition coefficient (Wildman–Crippen LogP) is 2.47. The maximum absolute atomic E-state index is 12.9. The zero-order chi connectivity index (χ0) is 19.2. The lowest BCUT2D eigenvalue weighted by Gasteiger charge is -2.63. The van der Waals surface area contributed by atoms with E-state index in [9.17, 15) is 19.8 Å². The van der Waals surface area contributed by atoms with E-state index in [1.165, 1.54) is 6.92 Å². The van der Waals surface area contributed by atoms with E-state index in [0.29, 0.717) is 12.3 Å². The number of hydrogen-bond donors (Lipinski definition) is 2. The summed E-state index contributed by atoms with van der Waals surface area (Å²) in [7, 11) is 0. The van der Waals surface area contributed by atoms with Crippen molar-refractivity contribution < 1.29 is 29.3 Å². The van der Waals surface area contributed by atoms with Gasteiger partial charge in [0.2, 0.25) is 6.29 Å². The third-order valence-electron chi connectivity index (χ3n) is 6.53. The van der Waals surface area contributed by atoms with Crippen molar-refractivity contribution in [3.05, 3.63) is 12.2 Å². The first-order valence-electron chi connectivity index (χ1n) is 9.55. The second kappa shape index (κ2) is 6.64. The standard InChI is InChI=1S/C20H30O6/c1-4-18-7-14-8-19(10-18,12-20(24,9-14)11-18)17(23)25-6-5-15(21)26-16(22)13(2)3/h14-15,21,24H,2,4-12H2,1,3H3. The summed E-state index contributed by atoms with van der Waals surface area (Å²) < 4.78 is 10.2. The molecule has 5 atom stereocenters. The molecule has 0 heterocycles. The monoisotopic (exact) mass is 366 g/mol. The first kappa shape index (κ1) is 19.4. The van der Waals surface area contributed by atoms with E-state index in [0.717, 1.165) is 38.5 Å². The van der Waals surface area contributed by atoms with Crippen molar-refractivity contribution in [2.24, 2.45) is 16.7 Å². The van der Waals surface area contributed by atoms with E-state index < -0.39 is 23.3 Å². The lowest BCUT2D eigenvalue weighted by Crippen LogP contribution is -2.62. The van der Waals surface area contributed by atoms with Crippen LogP contribution in [0.3, 0.4) is 0 Å². The number of esters is 2. The van der Waals surface area contributed by atoms with Crippen molar-refractivity contribution in [1.29, 1.82) is 0 Å². The molecule has 0 amide bonds. The maximum atomic E-state index is 12.9. The van der Waals surface area contributed by atoms with Gasteiger partial charge in [-0.05, 0) is 56.8 Å². The second-order valence-corrected chi connectivity index (χ2v) is 8.93. The van der Waals surface area contributed by atoms with Gasteiger partial charge in [-0.3, -0.25) is 4.79 Å². The van der Waals surface area contributed by atoms with E-state index in [2.05, 4.69) is 13.5 Å². The van der Waals surface area contributed by atoms with Crippen LogP contribution in [0.25, 0.3) is 0 Å². The molecule has 5 unspecified atom stereocenters. The fraction of sp³-hybridized carbons (Fsp3) is 0.800. The molecule has 4 saturated carbocycles. The second-order valence-electron chi connectivity index (χ2n) is 8.93. The molecule has 4 rings (SSSR count). The summed E-state index contributed by atoms with van der Waals surface area (Å²) in [6, 6.07) is 0. The van der Waals surface area contributed by atoms with Crippen LogP contribution in [-0.4, -0.2) is 40.6 Å². The van der Waals surface area contributed by atoms with Gasteiger partial charge in [0, 0.05) is 12.0 Å². The molecule has 6 heteroatoms. The quantitative estimate of drug-likeness (QED) is 0.408. The van der Waals surface area contributed by atoms with Crippen LogP contribution in [0, 0.1) is 16.7 Å². The molecular formula is C20H30O6. The molecule has 0 spiro atoms. The molecule has 146 valence electrons. The van der Waals surface area contributed by atoms with Crippen LogP contribution in [0.1, 0.15) is 65.2 Å². The highest BCUT2D eigenvalue weighted by Crippen LogP contribution is 2.67. The number of aliphatic hydroxyl groups excluding tert-OH is 1. The van der Waals surface area contributed by atoms with E-state index in [1.807, 2.05) is 0 Å². The Bertz CT molecular complexity index is 615. The number of hydrogen-bond acceptors (Lipinski definition) is 6. The van der Waals surface area contributed by atoms with Gasteiger partial charge < -0.3 is 19.7 Å². The Hall–Kier alpha value is -1.40. The third-order valence-corrected chi connectivity index (χ3v) is 6.53. The number of aliphatic hydroxyl groups is 2. The smallest absolute Gasteiger partial charge is 0.335 e. The third kappa shape index (κ3) is 3.54. The predicted molar refractivity (Wildman–Crippen MR) is 93.8 cm³/mol. The molecule has 0 aliphatic heterocycles. The Balaban J connectivity index is 1.58. The van der Waals surface area contributed by atoms with E-state index in [-0.39, 0.29) is 30.0 Å². The Morgan fingerprint density at radius 1 is 1.23 bits per heavy atom. The average Bonchev–Trinajstić information content (AvgIpc) is 2.52. The molecule has 4 bridgehead atoms.